The van der Waals surface area contributed by atoms with Gasteiger partial charge in [-0.25, -0.2) is 0 Å². The van der Waals surface area contributed by atoms with Crippen LogP contribution >= 0.6 is 0 Å². The van der Waals surface area contributed by atoms with Crippen molar-refractivity contribution in [3.05, 3.63) is 18.0 Å². The molecule has 0 aliphatic carbocycles. The van der Waals surface area contributed by atoms with Crippen molar-refractivity contribution >= 4 is 5.91 Å². The van der Waals surface area contributed by atoms with E-state index in [9.17, 15) is 4.79 Å². The molecule has 1 saturated heterocycles. The van der Waals surface area contributed by atoms with Crippen LogP contribution in [0.15, 0.2) is 12.3 Å². The summed E-state index contributed by atoms with van der Waals surface area (Å²) in [6.07, 6.45) is 1.61. The Morgan fingerprint density at radius 1 is 1.81 bits per heavy atom. The predicted molar refractivity (Wildman–Crippen MR) is 58.2 cm³/mol. The number of aromatic nitrogens is 2. The van der Waals surface area contributed by atoms with Crippen LogP contribution in [0.25, 0.3) is 0 Å². The maximum Gasteiger partial charge on any atom is 0.269 e. The van der Waals surface area contributed by atoms with Crippen LogP contribution in [-0.2, 0) is 11.8 Å². The lowest BCUT2D eigenvalue weighted by molar-refractivity contribution is 0.0732. The quantitative estimate of drug-likeness (QED) is 0.701. The number of carbonyl (C=O) groups is 1. The number of amides is 1. The molecule has 2 heterocycles. The normalized spacial score (nSPS) is 20.7. The lowest BCUT2D eigenvalue weighted by atomic mass is 10.2. The van der Waals surface area contributed by atoms with Crippen LogP contribution < -0.4 is 10.6 Å². The van der Waals surface area contributed by atoms with Gasteiger partial charge < -0.3 is 15.4 Å². The first-order valence-electron chi connectivity index (χ1n) is 5.34. The number of hydrogen-bond donors (Lipinski definition) is 2. The molecular weight excluding hydrogens is 208 g/mol. The summed E-state index contributed by atoms with van der Waals surface area (Å²) in [4.78, 5) is 11.7. The lowest BCUT2D eigenvalue weighted by Gasteiger charge is -2.23. The molecule has 1 atom stereocenters. The molecule has 1 aromatic heterocycles. The minimum absolute atomic E-state index is 0.104. The van der Waals surface area contributed by atoms with E-state index in [2.05, 4.69) is 15.7 Å². The second-order valence-electron chi connectivity index (χ2n) is 3.78. The van der Waals surface area contributed by atoms with E-state index in [0.717, 1.165) is 13.2 Å². The summed E-state index contributed by atoms with van der Waals surface area (Å²) in [7, 11) is 1.75. The number of hydrogen-bond acceptors (Lipinski definition) is 4. The van der Waals surface area contributed by atoms with Gasteiger partial charge >= 0.3 is 0 Å². The third-order valence-corrected chi connectivity index (χ3v) is 2.56. The Morgan fingerprint density at radius 2 is 2.69 bits per heavy atom. The van der Waals surface area contributed by atoms with Gasteiger partial charge in [-0.1, -0.05) is 0 Å². The minimum Gasteiger partial charge on any atom is -0.378 e. The highest BCUT2D eigenvalue weighted by atomic mass is 16.5. The number of morpholine rings is 1. The first-order valence-corrected chi connectivity index (χ1v) is 5.34. The number of ether oxygens (including phenoxy) is 1. The van der Waals surface area contributed by atoms with Gasteiger partial charge in [-0.15, -0.1) is 0 Å². The summed E-state index contributed by atoms with van der Waals surface area (Å²) in [5.41, 5.74) is 0.566. The topological polar surface area (TPSA) is 68.2 Å². The summed E-state index contributed by atoms with van der Waals surface area (Å²) in [6.45, 7) is 2.80. The minimum atomic E-state index is -0.104. The molecule has 88 valence electrons. The van der Waals surface area contributed by atoms with Crippen molar-refractivity contribution in [1.29, 1.82) is 0 Å². The van der Waals surface area contributed by atoms with Crippen molar-refractivity contribution in [2.75, 3.05) is 26.3 Å². The first-order chi connectivity index (χ1) is 7.77. The van der Waals surface area contributed by atoms with Crippen molar-refractivity contribution in [1.82, 2.24) is 20.4 Å². The van der Waals surface area contributed by atoms with E-state index in [4.69, 9.17) is 4.74 Å². The van der Waals surface area contributed by atoms with Crippen molar-refractivity contribution in [3.63, 3.8) is 0 Å². The molecule has 1 amide bonds. The number of nitrogens with one attached hydrogen (secondary N) is 2. The molecule has 0 saturated carbocycles. The third-order valence-electron chi connectivity index (χ3n) is 2.56. The van der Waals surface area contributed by atoms with Gasteiger partial charge in [0.25, 0.3) is 5.91 Å². The Labute approximate surface area is 94.0 Å². The summed E-state index contributed by atoms with van der Waals surface area (Å²) >= 11 is 0. The van der Waals surface area contributed by atoms with Gasteiger partial charge in [-0.2, -0.15) is 5.10 Å². The number of carbonyl (C=O) groups excluding carboxylic acids is 1. The van der Waals surface area contributed by atoms with Gasteiger partial charge in [0.2, 0.25) is 0 Å². The van der Waals surface area contributed by atoms with Crippen LogP contribution in [0.2, 0.25) is 0 Å². The standard InChI is InChI=1S/C10H16N4O2/c1-14-9(2-3-13-14)10(15)12-6-8-7-16-5-4-11-8/h2-3,8,11H,4-7H2,1H3,(H,12,15). The smallest absolute Gasteiger partial charge is 0.269 e. The third kappa shape index (κ3) is 2.59. The molecule has 0 bridgehead atoms. The summed E-state index contributed by atoms with van der Waals surface area (Å²) in [5.74, 6) is -0.104. The zero-order valence-electron chi connectivity index (χ0n) is 9.27. The number of aryl methyl sites for hydroxylation is 1. The van der Waals surface area contributed by atoms with Gasteiger partial charge in [0.1, 0.15) is 5.69 Å². The highest BCUT2D eigenvalue weighted by Gasteiger charge is 2.15. The second-order valence-corrected chi connectivity index (χ2v) is 3.78. The molecule has 0 radical (unpaired) electrons. The number of nitrogens with zero attached hydrogens (tertiary/aromatic N) is 2. The average molecular weight is 224 g/mol. The van der Waals surface area contributed by atoms with Crippen LogP contribution in [0, 0.1) is 0 Å². The largest absolute Gasteiger partial charge is 0.378 e. The second kappa shape index (κ2) is 5.09. The molecule has 6 heteroatoms. The van der Waals surface area contributed by atoms with Crippen LogP contribution in [-0.4, -0.2) is 48.0 Å². The molecule has 6 nitrogen and oxygen atoms in total. The van der Waals surface area contributed by atoms with Crippen molar-refractivity contribution in [2.24, 2.45) is 7.05 Å². The molecule has 1 aliphatic heterocycles. The van der Waals surface area contributed by atoms with Crippen molar-refractivity contribution < 1.29 is 9.53 Å². The van der Waals surface area contributed by atoms with E-state index in [-0.39, 0.29) is 11.9 Å². The highest BCUT2D eigenvalue weighted by Crippen LogP contribution is 1.96. The van der Waals surface area contributed by atoms with E-state index in [1.54, 1.807) is 24.0 Å². The summed E-state index contributed by atoms with van der Waals surface area (Å²) in [6, 6.07) is 1.89. The lowest BCUT2D eigenvalue weighted by Crippen LogP contribution is -2.48. The van der Waals surface area contributed by atoms with Gasteiger partial charge in [0.05, 0.1) is 13.2 Å². The van der Waals surface area contributed by atoms with E-state index < -0.39 is 0 Å². The highest BCUT2D eigenvalue weighted by molar-refractivity contribution is 5.92. The summed E-state index contributed by atoms with van der Waals surface area (Å²) in [5, 5.41) is 10.1. The molecule has 1 fully saturated rings. The molecule has 2 rings (SSSR count). The van der Waals surface area contributed by atoms with Gasteiger partial charge in [0.15, 0.2) is 0 Å². The molecule has 0 aromatic carbocycles. The Kier molecular flexibility index (Phi) is 3.53. The number of rotatable bonds is 3. The molecule has 16 heavy (non-hydrogen) atoms. The first kappa shape index (κ1) is 11.1. The van der Waals surface area contributed by atoms with Gasteiger partial charge in [-0.3, -0.25) is 9.48 Å². The molecule has 1 unspecified atom stereocenters. The molecule has 0 spiro atoms. The Balaban J connectivity index is 1.81. The van der Waals surface area contributed by atoms with Crippen LogP contribution in [0.1, 0.15) is 10.5 Å². The molecule has 1 aromatic rings. The Hall–Kier alpha value is -1.40. The zero-order valence-corrected chi connectivity index (χ0v) is 9.27. The van der Waals surface area contributed by atoms with E-state index in [1.807, 2.05) is 0 Å². The van der Waals surface area contributed by atoms with Crippen LogP contribution in [0.5, 0.6) is 0 Å². The monoisotopic (exact) mass is 224 g/mol. The SMILES string of the molecule is Cn1nccc1C(=O)NCC1COCCN1. The average Bonchev–Trinajstić information content (AvgIpc) is 2.74. The Morgan fingerprint density at radius 3 is 3.31 bits per heavy atom. The van der Waals surface area contributed by atoms with Crippen molar-refractivity contribution in [3.8, 4) is 0 Å². The molecular formula is C10H16N4O2. The fourth-order valence-electron chi connectivity index (χ4n) is 1.65. The van der Waals surface area contributed by atoms with Gasteiger partial charge in [-0.05, 0) is 6.07 Å². The summed E-state index contributed by atoms with van der Waals surface area (Å²) < 4.78 is 6.85. The van der Waals surface area contributed by atoms with Crippen molar-refractivity contribution in [2.45, 2.75) is 6.04 Å². The Bertz CT molecular complexity index is 357. The van der Waals surface area contributed by atoms with E-state index >= 15 is 0 Å². The maximum atomic E-state index is 11.7. The zero-order chi connectivity index (χ0) is 11.4. The van der Waals surface area contributed by atoms with E-state index in [0.29, 0.717) is 18.8 Å². The fourth-order valence-corrected chi connectivity index (χ4v) is 1.65. The molecule has 2 N–H and O–H groups in total. The predicted octanol–water partition coefficient (Wildman–Crippen LogP) is -0.862. The van der Waals surface area contributed by atoms with Crippen LogP contribution in [0.4, 0.5) is 0 Å². The fraction of sp³-hybridized carbons (Fsp3) is 0.600. The maximum absolute atomic E-state index is 11.7. The van der Waals surface area contributed by atoms with E-state index in [1.165, 1.54) is 0 Å². The van der Waals surface area contributed by atoms with Crippen LogP contribution in [0.3, 0.4) is 0 Å². The molecule has 1 aliphatic rings. The van der Waals surface area contributed by atoms with Gasteiger partial charge in [0, 0.05) is 32.4 Å².